The highest BCUT2D eigenvalue weighted by Crippen LogP contribution is 2.28. The second-order valence-corrected chi connectivity index (χ2v) is 6.82. The average Bonchev–Trinajstić information content (AvgIpc) is 2.55. The Morgan fingerprint density at radius 3 is 1.76 bits per heavy atom. The summed E-state index contributed by atoms with van der Waals surface area (Å²) in [6, 6.07) is 22.0. The van der Waals surface area contributed by atoms with Crippen LogP contribution >= 0.6 is 11.8 Å². The molecule has 0 heterocycles. The van der Waals surface area contributed by atoms with Crippen LogP contribution in [0.2, 0.25) is 0 Å². The largest absolute Gasteiger partial charge is 0.312 e. The fourth-order valence-electron chi connectivity index (χ4n) is 2.64. The van der Waals surface area contributed by atoms with Crippen LogP contribution in [-0.2, 0) is 0 Å². The number of hydrogen-bond acceptors (Lipinski definition) is 2. The second-order valence-electron chi connectivity index (χ2n) is 5.54. The third-order valence-corrected chi connectivity index (χ3v) is 4.92. The number of benzene rings is 2. The van der Waals surface area contributed by atoms with Crippen molar-refractivity contribution >= 4 is 11.8 Å². The summed E-state index contributed by atoms with van der Waals surface area (Å²) in [6.45, 7) is 5.60. The summed E-state index contributed by atoms with van der Waals surface area (Å²) in [6.07, 6.45) is 2.17. The Morgan fingerprint density at radius 1 is 0.857 bits per heavy atom. The number of thioether (sulfide) groups is 1. The maximum atomic E-state index is 3.71. The van der Waals surface area contributed by atoms with E-state index in [0.29, 0.717) is 17.2 Å². The molecule has 0 spiro atoms. The lowest BCUT2D eigenvalue weighted by molar-refractivity contribution is 0.502. The molecule has 1 N–H and O–H groups in total. The lowest BCUT2D eigenvalue weighted by atomic mass is 9.86. The van der Waals surface area contributed by atoms with Gasteiger partial charge in [0.25, 0.3) is 0 Å². The van der Waals surface area contributed by atoms with Gasteiger partial charge in [-0.3, -0.25) is 0 Å². The Bertz CT molecular complexity index is 472. The molecule has 112 valence electrons. The van der Waals surface area contributed by atoms with Gasteiger partial charge in [-0.1, -0.05) is 67.6 Å². The van der Waals surface area contributed by atoms with E-state index >= 15 is 0 Å². The van der Waals surface area contributed by atoms with Crippen molar-refractivity contribution in [1.29, 1.82) is 0 Å². The van der Waals surface area contributed by atoms with Crippen LogP contribution in [0.5, 0.6) is 0 Å². The van der Waals surface area contributed by atoms with E-state index in [1.54, 1.807) is 0 Å². The summed E-state index contributed by atoms with van der Waals surface area (Å²) in [7, 11) is 0. The van der Waals surface area contributed by atoms with Crippen LogP contribution in [0.25, 0.3) is 0 Å². The van der Waals surface area contributed by atoms with Crippen molar-refractivity contribution in [1.82, 2.24) is 5.32 Å². The Kier molecular flexibility index (Phi) is 6.34. The summed E-state index contributed by atoms with van der Waals surface area (Å²) in [4.78, 5) is 0. The third kappa shape index (κ3) is 4.62. The van der Waals surface area contributed by atoms with E-state index in [9.17, 15) is 0 Å². The summed E-state index contributed by atoms with van der Waals surface area (Å²) < 4.78 is 0. The smallest absolute Gasteiger partial charge is 0.0240 e. The summed E-state index contributed by atoms with van der Waals surface area (Å²) in [5.41, 5.74) is 2.75. The zero-order valence-electron chi connectivity index (χ0n) is 13.1. The minimum Gasteiger partial charge on any atom is -0.312 e. The first-order valence-corrected chi connectivity index (χ1v) is 8.87. The quantitative estimate of drug-likeness (QED) is 0.805. The molecule has 2 aromatic carbocycles. The highest BCUT2D eigenvalue weighted by Gasteiger charge is 2.21. The minimum absolute atomic E-state index is 0.390. The molecular weight excluding hydrogens is 274 g/mol. The Hall–Kier alpha value is -1.25. The molecule has 0 aliphatic heterocycles. The third-order valence-electron chi connectivity index (χ3n) is 3.95. The van der Waals surface area contributed by atoms with Crippen molar-refractivity contribution in [3.63, 3.8) is 0 Å². The molecule has 0 fully saturated rings. The minimum atomic E-state index is 0.390. The second kappa shape index (κ2) is 8.26. The maximum Gasteiger partial charge on any atom is 0.0240 e. The highest BCUT2D eigenvalue weighted by atomic mass is 32.2. The number of nitrogens with one attached hydrogen (secondary N) is 1. The van der Waals surface area contributed by atoms with Crippen LogP contribution in [0, 0.1) is 0 Å². The Balaban J connectivity index is 2.20. The molecule has 0 aromatic heterocycles. The van der Waals surface area contributed by atoms with Crippen molar-refractivity contribution in [3.8, 4) is 0 Å². The van der Waals surface area contributed by atoms with Crippen molar-refractivity contribution in [2.24, 2.45) is 0 Å². The molecule has 0 bridgehead atoms. The molecule has 2 atom stereocenters. The molecule has 2 aromatic rings. The zero-order chi connectivity index (χ0) is 15.1. The van der Waals surface area contributed by atoms with Crippen molar-refractivity contribution in [2.45, 2.75) is 31.1 Å². The fourth-order valence-corrected chi connectivity index (χ4v) is 2.91. The first-order valence-electron chi connectivity index (χ1n) is 7.58. The van der Waals surface area contributed by atoms with Gasteiger partial charge in [0.2, 0.25) is 0 Å². The van der Waals surface area contributed by atoms with E-state index in [1.807, 2.05) is 11.8 Å². The molecule has 0 saturated carbocycles. The SMILES string of the molecule is CSC(C)CNC(C)C(c1ccccc1)c1ccccc1. The van der Waals surface area contributed by atoms with E-state index in [-0.39, 0.29) is 0 Å². The first-order chi connectivity index (χ1) is 10.2. The molecule has 2 unspecified atom stereocenters. The predicted molar refractivity (Wildman–Crippen MR) is 95.2 cm³/mol. The van der Waals surface area contributed by atoms with Gasteiger partial charge < -0.3 is 5.32 Å². The fraction of sp³-hybridized carbons (Fsp3) is 0.368. The molecule has 0 aliphatic rings. The van der Waals surface area contributed by atoms with Gasteiger partial charge >= 0.3 is 0 Å². The first kappa shape index (κ1) is 16.1. The highest BCUT2D eigenvalue weighted by molar-refractivity contribution is 7.99. The monoisotopic (exact) mass is 299 g/mol. The van der Waals surface area contributed by atoms with Crippen LogP contribution in [0.3, 0.4) is 0 Å². The predicted octanol–water partition coefficient (Wildman–Crippen LogP) is 4.55. The summed E-state index contributed by atoms with van der Waals surface area (Å²) >= 11 is 1.91. The van der Waals surface area contributed by atoms with Gasteiger partial charge in [0.1, 0.15) is 0 Å². The van der Waals surface area contributed by atoms with Crippen molar-refractivity contribution in [3.05, 3.63) is 71.8 Å². The molecule has 21 heavy (non-hydrogen) atoms. The van der Waals surface area contributed by atoms with Gasteiger partial charge in [-0.25, -0.2) is 0 Å². The number of hydrogen-bond donors (Lipinski definition) is 1. The van der Waals surface area contributed by atoms with Crippen LogP contribution in [0.1, 0.15) is 30.9 Å². The van der Waals surface area contributed by atoms with Crippen LogP contribution < -0.4 is 5.32 Å². The van der Waals surface area contributed by atoms with Crippen molar-refractivity contribution in [2.75, 3.05) is 12.8 Å². The van der Waals surface area contributed by atoms with Gasteiger partial charge in [0.05, 0.1) is 0 Å². The van der Waals surface area contributed by atoms with Crippen LogP contribution in [0.15, 0.2) is 60.7 Å². The van der Waals surface area contributed by atoms with Gasteiger partial charge in [-0.2, -0.15) is 11.8 Å². The standard InChI is InChI=1S/C19H25NS/c1-15(21-3)14-20-16(2)19(17-10-6-4-7-11-17)18-12-8-5-9-13-18/h4-13,15-16,19-20H,14H2,1-3H3. The molecule has 0 radical (unpaired) electrons. The van der Waals surface area contributed by atoms with Crippen LogP contribution in [-0.4, -0.2) is 24.1 Å². The molecule has 0 amide bonds. The lowest BCUT2D eigenvalue weighted by Gasteiger charge is -2.27. The lowest BCUT2D eigenvalue weighted by Crippen LogP contribution is -2.36. The van der Waals surface area contributed by atoms with Crippen LogP contribution in [0.4, 0.5) is 0 Å². The van der Waals surface area contributed by atoms with E-state index in [2.05, 4.69) is 86.1 Å². The maximum absolute atomic E-state index is 3.71. The normalized spacial score (nSPS) is 14.1. The topological polar surface area (TPSA) is 12.0 Å². The van der Waals surface area contributed by atoms with Crippen molar-refractivity contribution < 1.29 is 0 Å². The molecule has 2 heteroatoms. The van der Waals surface area contributed by atoms with E-state index < -0.39 is 0 Å². The molecule has 2 rings (SSSR count). The summed E-state index contributed by atoms with van der Waals surface area (Å²) in [5, 5.41) is 4.35. The van der Waals surface area contributed by atoms with Gasteiger partial charge in [0.15, 0.2) is 0 Å². The van der Waals surface area contributed by atoms with Gasteiger partial charge in [-0.05, 0) is 24.3 Å². The summed E-state index contributed by atoms with van der Waals surface area (Å²) in [5.74, 6) is 0.390. The molecule has 0 aliphatic carbocycles. The average molecular weight is 299 g/mol. The van der Waals surface area contributed by atoms with Gasteiger partial charge in [-0.15, -0.1) is 0 Å². The zero-order valence-corrected chi connectivity index (χ0v) is 13.9. The molecular formula is C19H25NS. The molecule has 0 saturated heterocycles. The van der Waals surface area contributed by atoms with Gasteiger partial charge in [0, 0.05) is 23.8 Å². The van der Waals surface area contributed by atoms with E-state index in [0.717, 1.165) is 6.54 Å². The Morgan fingerprint density at radius 2 is 1.33 bits per heavy atom. The molecule has 1 nitrogen and oxygen atoms in total. The number of rotatable bonds is 7. The van der Waals surface area contributed by atoms with E-state index in [1.165, 1.54) is 11.1 Å². The van der Waals surface area contributed by atoms with E-state index in [4.69, 9.17) is 0 Å². The Labute approximate surface area is 133 Å².